The van der Waals surface area contributed by atoms with Crippen LogP contribution in [0.3, 0.4) is 0 Å². The number of carbonyl (C=O) groups is 3. The van der Waals surface area contributed by atoms with E-state index < -0.39 is 75.1 Å². The topological polar surface area (TPSA) is 284 Å². The summed E-state index contributed by atoms with van der Waals surface area (Å²) in [5, 5.41) is 55.0. The summed E-state index contributed by atoms with van der Waals surface area (Å²) in [6.45, 7) is 1.55. The zero-order valence-electron chi connectivity index (χ0n) is 35.8. The predicted octanol–water partition coefficient (Wildman–Crippen LogP) is 1.45. The number of aliphatic hydroxyl groups excluding tert-OH is 1. The van der Waals surface area contributed by atoms with Crippen LogP contribution in [0.1, 0.15) is 10.4 Å². The van der Waals surface area contributed by atoms with E-state index in [4.69, 9.17) is 21.0 Å². The molecule has 69 heavy (non-hydrogen) atoms. The molecule has 0 spiro atoms. The Balaban J connectivity index is 0.809. The van der Waals surface area contributed by atoms with Gasteiger partial charge in [0.2, 0.25) is 17.2 Å². The fourth-order valence-electron chi connectivity index (χ4n) is 8.05. The van der Waals surface area contributed by atoms with E-state index in [2.05, 4.69) is 31.4 Å². The number of ketones is 1. The lowest BCUT2D eigenvalue weighted by Crippen LogP contribution is -2.58. The lowest BCUT2D eigenvalue weighted by molar-refractivity contribution is -0.132. The largest absolute Gasteiger partial charge is 0.504 e. The van der Waals surface area contributed by atoms with E-state index in [1.807, 2.05) is 0 Å². The third-order valence-electron chi connectivity index (χ3n) is 11.4. The number of dihydropyridines is 1. The second kappa shape index (κ2) is 19.3. The maximum absolute atomic E-state index is 15.5. The van der Waals surface area contributed by atoms with Crippen molar-refractivity contribution >= 4 is 64.5 Å². The summed E-state index contributed by atoms with van der Waals surface area (Å²) in [5.74, 6) is -9.76. The zero-order valence-corrected chi connectivity index (χ0v) is 35.8. The second-order valence-electron chi connectivity index (χ2n) is 15.6. The third kappa shape index (κ3) is 9.64. The first-order valence-electron chi connectivity index (χ1n) is 20.8. The van der Waals surface area contributed by atoms with Gasteiger partial charge in [-0.05, 0) is 36.4 Å². The Bertz CT molecular complexity index is 2950. The molecule has 22 nitrogen and oxygen atoms in total. The minimum atomic E-state index is -1.64. The molecule has 2 aromatic carbocycles. The predicted molar refractivity (Wildman–Crippen MR) is 236 cm³/mol. The summed E-state index contributed by atoms with van der Waals surface area (Å²) in [5.41, 5.74) is 0.281. The molecule has 0 amide bonds. The van der Waals surface area contributed by atoms with E-state index in [9.17, 15) is 47.0 Å². The number of rotatable bonds is 9. The van der Waals surface area contributed by atoms with Gasteiger partial charge in [0.15, 0.2) is 46.6 Å². The van der Waals surface area contributed by atoms with Crippen LogP contribution in [0, 0.1) is 51.2 Å². The summed E-state index contributed by atoms with van der Waals surface area (Å²) >= 11 is 0. The summed E-state index contributed by atoms with van der Waals surface area (Å²) in [4.78, 5) is 64.1. The fourth-order valence-corrected chi connectivity index (χ4v) is 8.05. The summed E-state index contributed by atoms with van der Waals surface area (Å²) in [6.07, 6.45) is 2.02. The van der Waals surface area contributed by atoms with E-state index in [1.54, 1.807) is 19.7 Å². The zero-order chi connectivity index (χ0) is 49.3. The molecule has 27 heteroatoms. The molecular formula is C42H40F5N15O7. The highest BCUT2D eigenvalue weighted by molar-refractivity contribution is 6.05. The van der Waals surface area contributed by atoms with Crippen molar-refractivity contribution in [3.8, 4) is 5.69 Å². The van der Waals surface area contributed by atoms with Gasteiger partial charge < -0.3 is 45.2 Å². The average molecular weight is 962 g/mol. The Morgan fingerprint density at radius 3 is 2.12 bits per heavy atom. The van der Waals surface area contributed by atoms with Crippen molar-refractivity contribution in [3.63, 3.8) is 0 Å². The highest BCUT2D eigenvalue weighted by Gasteiger charge is 2.43. The Labute approximate surface area is 386 Å². The van der Waals surface area contributed by atoms with Gasteiger partial charge in [-0.1, -0.05) is 0 Å². The Morgan fingerprint density at radius 2 is 1.48 bits per heavy atom. The van der Waals surface area contributed by atoms with Gasteiger partial charge in [-0.25, -0.2) is 41.7 Å². The maximum Gasteiger partial charge on any atom is 0.341 e. The smallest absolute Gasteiger partial charge is 0.341 e. The second-order valence-corrected chi connectivity index (χ2v) is 15.6. The van der Waals surface area contributed by atoms with Crippen LogP contribution in [0.15, 0.2) is 82.2 Å². The molecule has 0 bridgehead atoms. The van der Waals surface area contributed by atoms with E-state index in [1.165, 1.54) is 11.0 Å². The van der Waals surface area contributed by atoms with Crippen LogP contribution >= 0.6 is 0 Å². The van der Waals surface area contributed by atoms with Gasteiger partial charge in [-0.3, -0.25) is 45.9 Å². The van der Waals surface area contributed by atoms with Crippen molar-refractivity contribution in [3.05, 3.63) is 117 Å². The van der Waals surface area contributed by atoms with Crippen LogP contribution in [-0.2, 0) is 14.3 Å². The quantitative estimate of drug-likeness (QED) is 0.0377. The average Bonchev–Trinajstić information content (AvgIpc) is 3.31. The highest BCUT2D eigenvalue weighted by Crippen LogP contribution is 2.36. The Kier molecular flexibility index (Phi) is 13.1. The summed E-state index contributed by atoms with van der Waals surface area (Å²) < 4.78 is 78.7. The lowest BCUT2D eigenvalue weighted by atomic mass is 9.91. The number of amidine groups is 1. The number of nitrogens with zero attached hydrogens (tertiary/aromatic N) is 8. The number of halogens is 5. The van der Waals surface area contributed by atoms with E-state index in [-0.39, 0.29) is 118 Å². The number of fused-ring (bicyclic) bond motifs is 2. The molecule has 360 valence electrons. The molecule has 2 aromatic heterocycles. The molecule has 6 heterocycles. The van der Waals surface area contributed by atoms with Gasteiger partial charge >= 0.3 is 5.97 Å². The number of carbonyl (C=O) groups excluding carboxylic acids is 2. The van der Waals surface area contributed by atoms with E-state index in [0.29, 0.717) is 12.1 Å². The molecule has 4 aliphatic heterocycles. The number of carboxylic acid groups (broad SMARTS) is 1. The maximum atomic E-state index is 15.5. The molecule has 8 rings (SSSR count). The molecule has 2 unspecified atom stereocenters. The number of carboxylic acids is 1. The van der Waals surface area contributed by atoms with Crippen molar-refractivity contribution < 1.29 is 51.3 Å². The van der Waals surface area contributed by atoms with Crippen LogP contribution in [0.25, 0.3) is 16.7 Å². The Hall–Kier alpha value is -8.62. The molecular weight excluding hydrogens is 922 g/mol. The van der Waals surface area contributed by atoms with Crippen molar-refractivity contribution in [2.45, 2.75) is 6.17 Å². The van der Waals surface area contributed by atoms with Crippen molar-refractivity contribution in [2.24, 2.45) is 10.9 Å². The number of hydrogen-bond acceptors (Lipinski definition) is 15. The number of aromatic carboxylic acids is 1. The highest BCUT2D eigenvalue weighted by atomic mass is 19.1. The molecule has 2 atom stereocenters. The molecule has 9 N–H and O–H groups in total. The summed E-state index contributed by atoms with van der Waals surface area (Å²) in [6, 6.07) is 6.16. The van der Waals surface area contributed by atoms with E-state index >= 15 is 4.39 Å². The van der Waals surface area contributed by atoms with Gasteiger partial charge in [0.25, 0.3) is 6.47 Å². The fraction of sp³-hybridized carbons (Fsp3) is 0.262. The van der Waals surface area contributed by atoms with Crippen LogP contribution in [0.2, 0.25) is 0 Å². The number of nitrogens with one attached hydrogen (secondary N) is 7. The van der Waals surface area contributed by atoms with Gasteiger partial charge in [0.05, 0.1) is 35.5 Å². The number of aliphatic hydroxyl groups is 1. The number of benzene rings is 2. The number of allylic oxidation sites excluding steroid dienone is 1. The van der Waals surface area contributed by atoms with Crippen molar-refractivity contribution in [1.82, 2.24) is 45.7 Å². The van der Waals surface area contributed by atoms with Gasteiger partial charge in [0.1, 0.15) is 35.0 Å². The number of aromatic nitrogens is 2. The number of piperazine rings is 2. The molecule has 2 fully saturated rings. The molecule has 4 aromatic rings. The third-order valence-corrected chi connectivity index (χ3v) is 11.4. The van der Waals surface area contributed by atoms with E-state index in [0.717, 1.165) is 47.3 Å². The van der Waals surface area contributed by atoms with Crippen LogP contribution in [0.4, 0.5) is 33.5 Å². The number of hydrogen-bond donors (Lipinski definition) is 9. The standard InChI is InChI=1S/C42H40F5N15O7/c43-21-1-3-29(26(45)13-21)61-17-25(39(67)68)33(65)23-15-28(47)37(53-35(23)61)57-9-11-60(12-10-57)56-41(49)52-19-51-40(48)55-42(50)59-7-5-58(6-8-59)38-31(64)16-24-34(66)32(69-20-63)18-62(36(24)54-38)30-4-2-22(44)14-27(30)46/h1-4,13-18,20,24,36,64H,5-12,19H2,(H,67,68)(H3,49,52,56)(H4,48,50,51,55). The van der Waals surface area contributed by atoms with Crippen LogP contribution in [0.5, 0.6) is 0 Å². The van der Waals surface area contributed by atoms with Gasteiger partial charge in [-0.15, -0.1) is 0 Å². The monoisotopic (exact) mass is 961 g/mol. The van der Waals surface area contributed by atoms with Crippen molar-refractivity contribution in [2.75, 3.05) is 68.8 Å². The number of anilines is 2. The number of guanidine groups is 3. The van der Waals surface area contributed by atoms with Crippen LogP contribution in [-0.4, -0.2) is 142 Å². The molecule has 0 radical (unpaired) electrons. The van der Waals surface area contributed by atoms with Crippen LogP contribution < -0.4 is 36.6 Å². The number of Topliss-reactive ketones (excluding diaryl/α,β-unsaturated/α-hetero) is 1. The lowest BCUT2D eigenvalue weighted by Gasteiger charge is -2.41. The SMILES string of the molecule is N=C(NCNC(=N)NN1CCN(c2nc3c(cc2F)c(=O)c(C(=O)O)cn3-c2ccc(F)cc2F)CC1)NC(=N)N1CCN(C2=NC3C(C=C2O)C(=O)C(OC=O)=CN3c2ccc(F)cc2F)CC1. The first-order valence-corrected chi connectivity index (χ1v) is 20.8. The molecule has 2 saturated heterocycles. The van der Waals surface area contributed by atoms with Gasteiger partial charge in [0, 0.05) is 70.7 Å². The number of ether oxygens (including phenoxy) is 1. The number of hydrazine groups is 1. The first kappa shape index (κ1) is 46.9. The Morgan fingerprint density at radius 1 is 0.841 bits per heavy atom. The molecule has 0 saturated carbocycles. The minimum absolute atomic E-state index is 0.0284. The summed E-state index contributed by atoms with van der Waals surface area (Å²) in [7, 11) is 0. The normalized spacial score (nSPS) is 18.4. The molecule has 4 aliphatic rings. The first-order chi connectivity index (χ1) is 33.0. The number of aliphatic imine (C=N–C) groups is 1. The molecule has 0 aliphatic carbocycles. The number of pyridine rings is 2. The minimum Gasteiger partial charge on any atom is -0.504 e. The van der Waals surface area contributed by atoms with Gasteiger partial charge in [-0.2, -0.15) is 0 Å². The van der Waals surface area contributed by atoms with Crippen molar-refractivity contribution in [1.29, 1.82) is 16.2 Å².